The molecule has 0 aliphatic carbocycles. The van der Waals surface area contributed by atoms with Crippen LogP contribution in [0.3, 0.4) is 0 Å². The summed E-state index contributed by atoms with van der Waals surface area (Å²) >= 11 is 0. The second kappa shape index (κ2) is 6.31. The Morgan fingerprint density at radius 2 is 1.86 bits per heavy atom. The van der Waals surface area contributed by atoms with E-state index in [9.17, 15) is 0 Å². The number of rotatable bonds is 4. The molecule has 1 N–H and O–H groups in total. The van der Waals surface area contributed by atoms with Crippen molar-refractivity contribution in [3.05, 3.63) is 23.7 Å². The van der Waals surface area contributed by atoms with E-state index in [1.165, 1.54) is 0 Å². The predicted molar refractivity (Wildman–Crippen MR) is 85.6 cm³/mol. The summed E-state index contributed by atoms with van der Waals surface area (Å²) in [5.74, 6) is 3.89. The van der Waals surface area contributed by atoms with Crippen LogP contribution in [0.25, 0.3) is 0 Å². The number of aryl methyl sites for hydroxylation is 2. The smallest absolute Gasteiger partial charge is 0.175 e. The van der Waals surface area contributed by atoms with Gasteiger partial charge in [0.25, 0.3) is 0 Å². The van der Waals surface area contributed by atoms with Gasteiger partial charge in [0.15, 0.2) is 5.82 Å². The monoisotopic (exact) mass is 302 g/mol. The number of aromatic nitrogens is 3. The van der Waals surface area contributed by atoms with Crippen LogP contribution in [0.1, 0.15) is 18.5 Å². The molecule has 1 saturated heterocycles. The van der Waals surface area contributed by atoms with Gasteiger partial charge < -0.3 is 19.6 Å². The Morgan fingerprint density at radius 1 is 1.09 bits per heavy atom. The molecule has 3 rings (SSSR count). The van der Waals surface area contributed by atoms with Crippen LogP contribution in [-0.2, 0) is 0 Å². The molecule has 0 radical (unpaired) electrons. The zero-order valence-electron chi connectivity index (χ0n) is 13.3. The first kappa shape index (κ1) is 14.8. The van der Waals surface area contributed by atoms with Crippen molar-refractivity contribution >= 4 is 17.5 Å². The van der Waals surface area contributed by atoms with Gasteiger partial charge in [-0.25, -0.2) is 9.97 Å². The van der Waals surface area contributed by atoms with Crippen LogP contribution in [-0.4, -0.2) is 52.7 Å². The first-order valence-electron chi connectivity index (χ1n) is 7.67. The van der Waals surface area contributed by atoms with Gasteiger partial charge in [0.05, 0.1) is 0 Å². The van der Waals surface area contributed by atoms with Gasteiger partial charge in [-0.3, -0.25) is 0 Å². The molecule has 0 unspecified atom stereocenters. The summed E-state index contributed by atoms with van der Waals surface area (Å²) in [5, 5.41) is 7.11. The third-order valence-corrected chi connectivity index (χ3v) is 3.85. The van der Waals surface area contributed by atoms with Gasteiger partial charge >= 0.3 is 0 Å². The van der Waals surface area contributed by atoms with Gasteiger partial charge in [-0.2, -0.15) is 0 Å². The van der Waals surface area contributed by atoms with E-state index in [1.54, 1.807) is 0 Å². The molecule has 7 nitrogen and oxygen atoms in total. The maximum absolute atomic E-state index is 5.07. The summed E-state index contributed by atoms with van der Waals surface area (Å²) < 4.78 is 5.07. The lowest BCUT2D eigenvalue weighted by Gasteiger charge is -2.34. The molecule has 3 heterocycles. The van der Waals surface area contributed by atoms with Gasteiger partial charge in [0, 0.05) is 38.3 Å². The molecule has 7 heteroatoms. The minimum Gasteiger partial charge on any atom is -0.360 e. The summed E-state index contributed by atoms with van der Waals surface area (Å²) in [6.45, 7) is 11.2. The highest BCUT2D eigenvalue weighted by Gasteiger charge is 2.18. The van der Waals surface area contributed by atoms with E-state index in [2.05, 4.69) is 37.2 Å². The Balaban J connectivity index is 1.75. The molecule has 2 aromatic heterocycles. The average molecular weight is 302 g/mol. The van der Waals surface area contributed by atoms with Crippen molar-refractivity contribution in [1.82, 2.24) is 20.0 Å². The summed E-state index contributed by atoms with van der Waals surface area (Å²) in [4.78, 5) is 13.7. The number of nitrogens with zero attached hydrogens (tertiary/aromatic N) is 5. The summed E-state index contributed by atoms with van der Waals surface area (Å²) in [6.07, 6.45) is 0. The van der Waals surface area contributed by atoms with Crippen molar-refractivity contribution in [2.75, 3.05) is 42.9 Å². The lowest BCUT2D eigenvalue weighted by molar-refractivity contribution is 0.270. The van der Waals surface area contributed by atoms with Gasteiger partial charge in [0.2, 0.25) is 0 Å². The first-order chi connectivity index (χ1) is 10.6. The molecule has 2 aromatic rings. The van der Waals surface area contributed by atoms with Crippen LogP contribution in [0.15, 0.2) is 16.7 Å². The van der Waals surface area contributed by atoms with Crippen LogP contribution < -0.4 is 10.2 Å². The van der Waals surface area contributed by atoms with E-state index >= 15 is 0 Å². The zero-order chi connectivity index (χ0) is 15.5. The molecule has 1 aliphatic rings. The van der Waals surface area contributed by atoms with Crippen molar-refractivity contribution in [1.29, 1.82) is 0 Å². The van der Waals surface area contributed by atoms with Crippen LogP contribution in [0.2, 0.25) is 0 Å². The standard InChI is InChI=1S/C15H22N6O/c1-4-20-5-7-21(8-6-20)15-10-13(16-12(3)17-15)18-14-9-11(2)22-19-14/h9-10H,4-8H2,1-3H3,(H,16,17,18,19). The first-order valence-corrected chi connectivity index (χ1v) is 7.67. The number of likely N-dealkylation sites (N-methyl/N-ethyl adjacent to an activating group) is 1. The van der Waals surface area contributed by atoms with Crippen LogP contribution in [0, 0.1) is 13.8 Å². The second-order valence-electron chi connectivity index (χ2n) is 5.53. The molecule has 118 valence electrons. The van der Waals surface area contributed by atoms with Crippen LogP contribution >= 0.6 is 0 Å². The Kier molecular flexibility index (Phi) is 4.24. The lowest BCUT2D eigenvalue weighted by atomic mass is 10.3. The summed E-state index contributed by atoms with van der Waals surface area (Å²) in [5.41, 5.74) is 0. The van der Waals surface area contributed by atoms with Crippen LogP contribution in [0.4, 0.5) is 17.5 Å². The summed E-state index contributed by atoms with van der Waals surface area (Å²) in [7, 11) is 0. The van der Waals surface area contributed by atoms with Crippen molar-refractivity contribution < 1.29 is 4.52 Å². The highest BCUT2D eigenvalue weighted by Crippen LogP contribution is 2.20. The highest BCUT2D eigenvalue weighted by atomic mass is 16.5. The topological polar surface area (TPSA) is 70.3 Å². The highest BCUT2D eigenvalue weighted by molar-refractivity contribution is 5.56. The predicted octanol–water partition coefficient (Wildman–Crippen LogP) is 1.97. The van der Waals surface area contributed by atoms with Crippen molar-refractivity contribution in [2.24, 2.45) is 0 Å². The van der Waals surface area contributed by atoms with Gasteiger partial charge in [0.1, 0.15) is 23.2 Å². The Labute approximate surface area is 130 Å². The third kappa shape index (κ3) is 3.36. The number of nitrogens with one attached hydrogen (secondary N) is 1. The normalized spacial score (nSPS) is 16.0. The number of anilines is 3. The van der Waals surface area contributed by atoms with E-state index in [4.69, 9.17) is 4.52 Å². The van der Waals surface area contributed by atoms with Crippen molar-refractivity contribution in [3.63, 3.8) is 0 Å². The second-order valence-corrected chi connectivity index (χ2v) is 5.53. The minimum absolute atomic E-state index is 0.664. The molecule has 1 aliphatic heterocycles. The van der Waals surface area contributed by atoms with E-state index in [1.807, 2.05) is 26.0 Å². The van der Waals surface area contributed by atoms with E-state index in [0.29, 0.717) is 5.82 Å². The SMILES string of the molecule is CCN1CCN(c2cc(Nc3cc(C)on3)nc(C)n2)CC1. The van der Waals surface area contributed by atoms with E-state index < -0.39 is 0 Å². The number of hydrogen-bond donors (Lipinski definition) is 1. The molecule has 0 amide bonds. The Morgan fingerprint density at radius 3 is 2.50 bits per heavy atom. The van der Waals surface area contributed by atoms with E-state index in [-0.39, 0.29) is 0 Å². The largest absolute Gasteiger partial charge is 0.360 e. The lowest BCUT2D eigenvalue weighted by Crippen LogP contribution is -2.46. The number of piperazine rings is 1. The maximum atomic E-state index is 5.07. The molecule has 0 spiro atoms. The van der Waals surface area contributed by atoms with Crippen molar-refractivity contribution in [3.8, 4) is 0 Å². The van der Waals surface area contributed by atoms with Gasteiger partial charge in [-0.05, 0) is 20.4 Å². The van der Waals surface area contributed by atoms with Gasteiger partial charge in [-0.15, -0.1) is 0 Å². The molecule has 0 bridgehead atoms. The molecule has 0 atom stereocenters. The fourth-order valence-electron chi connectivity index (χ4n) is 2.63. The quantitative estimate of drug-likeness (QED) is 0.925. The van der Waals surface area contributed by atoms with Gasteiger partial charge in [-0.1, -0.05) is 12.1 Å². The Hall–Kier alpha value is -2.15. The molecule has 22 heavy (non-hydrogen) atoms. The minimum atomic E-state index is 0.664. The van der Waals surface area contributed by atoms with Crippen LogP contribution in [0.5, 0.6) is 0 Å². The molecule has 0 saturated carbocycles. The number of hydrogen-bond acceptors (Lipinski definition) is 7. The third-order valence-electron chi connectivity index (χ3n) is 3.85. The Bertz CT molecular complexity index is 633. The fraction of sp³-hybridized carbons (Fsp3) is 0.533. The molecular formula is C15H22N6O. The van der Waals surface area contributed by atoms with E-state index in [0.717, 1.165) is 55.9 Å². The zero-order valence-corrected chi connectivity index (χ0v) is 13.3. The average Bonchev–Trinajstić information content (AvgIpc) is 2.92. The molecular weight excluding hydrogens is 280 g/mol. The maximum Gasteiger partial charge on any atom is 0.175 e. The van der Waals surface area contributed by atoms with Crippen molar-refractivity contribution in [2.45, 2.75) is 20.8 Å². The fourth-order valence-corrected chi connectivity index (χ4v) is 2.63. The molecule has 0 aromatic carbocycles. The summed E-state index contributed by atoms with van der Waals surface area (Å²) in [6, 6.07) is 3.82. The molecule has 1 fully saturated rings.